The smallest absolute Gasteiger partial charge is 0.406 e. The summed E-state index contributed by atoms with van der Waals surface area (Å²) in [5.74, 6) is 0. The molecular weight excluding hydrogens is 134 g/mol. The van der Waals surface area contributed by atoms with E-state index in [1.165, 1.54) is 7.05 Å². The highest BCUT2D eigenvalue weighted by Crippen LogP contribution is 1.85. The Morgan fingerprint density at radius 2 is 2.40 bits per heavy atom. The van der Waals surface area contributed by atoms with Gasteiger partial charge in [-0.3, -0.25) is 0 Å². The third-order valence-corrected chi connectivity index (χ3v) is 0.904. The lowest BCUT2D eigenvalue weighted by atomic mass is 10.4. The third-order valence-electron chi connectivity index (χ3n) is 0.904. The highest BCUT2D eigenvalue weighted by molar-refractivity contribution is 5.66. The van der Waals surface area contributed by atoms with Gasteiger partial charge in [0.2, 0.25) is 0 Å². The Kier molecular flexibility index (Phi) is 5.42. The van der Waals surface area contributed by atoms with Crippen molar-refractivity contribution in [2.75, 3.05) is 13.7 Å². The number of nitrogens with one attached hydrogen (secondary N) is 1. The zero-order valence-corrected chi connectivity index (χ0v) is 5.92. The van der Waals surface area contributed by atoms with Gasteiger partial charge in [-0.1, -0.05) is 0 Å². The fourth-order valence-electron chi connectivity index (χ4n) is 0.404. The maximum atomic E-state index is 10.4. The maximum Gasteiger partial charge on any atom is 0.406 e. The number of carbonyl (C=O) groups is 2. The number of hydrogen-bond donors (Lipinski definition) is 1. The Bertz CT molecular complexity index is 114. The minimum absolute atomic E-state index is 0.304. The second kappa shape index (κ2) is 6.07. The zero-order valence-electron chi connectivity index (χ0n) is 5.92. The van der Waals surface area contributed by atoms with E-state index in [1.807, 2.05) is 0 Å². The largest absolute Gasteiger partial charge is 0.450 e. The lowest BCUT2D eigenvalue weighted by Gasteiger charge is -2.00. The van der Waals surface area contributed by atoms with Gasteiger partial charge in [-0.05, 0) is 6.42 Å². The third kappa shape index (κ3) is 5.08. The van der Waals surface area contributed by atoms with E-state index in [1.54, 1.807) is 0 Å². The van der Waals surface area contributed by atoms with E-state index in [2.05, 4.69) is 10.1 Å². The molecule has 0 aromatic heterocycles. The van der Waals surface area contributed by atoms with Gasteiger partial charge in [0.25, 0.3) is 0 Å². The van der Waals surface area contributed by atoms with Gasteiger partial charge in [0.05, 0.1) is 6.61 Å². The van der Waals surface area contributed by atoms with Gasteiger partial charge in [0.1, 0.15) is 6.29 Å². The predicted octanol–water partition coefficient (Wildman–Crippen LogP) is 0.321. The summed E-state index contributed by atoms with van der Waals surface area (Å²) in [6, 6.07) is 0. The quantitative estimate of drug-likeness (QED) is 0.458. The summed E-state index contributed by atoms with van der Waals surface area (Å²) in [6.07, 6.45) is 1.38. The summed E-state index contributed by atoms with van der Waals surface area (Å²) < 4.78 is 4.58. The first-order valence-electron chi connectivity index (χ1n) is 3.09. The van der Waals surface area contributed by atoms with Crippen LogP contribution in [0.15, 0.2) is 0 Å². The molecule has 0 aromatic rings. The van der Waals surface area contributed by atoms with Crippen LogP contribution in [-0.2, 0) is 9.53 Å². The average Bonchev–Trinajstić information content (AvgIpc) is 1.98. The van der Waals surface area contributed by atoms with E-state index >= 15 is 0 Å². The Labute approximate surface area is 59.6 Å². The van der Waals surface area contributed by atoms with Crippen LogP contribution in [0.1, 0.15) is 12.8 Å². The fourth-order valence-corrected chi connectivity index (χ4v) is 0.404. The first-order valence-corrected chi connectivity index (χ1v) is 3.09. The molecule has 0 atom stereocenters. The molecule has 0 heterocycles. The van der Waals surface area contributed by atoms with Crippen molar-refractivity contribution in [3.8, 4) is 0 Å². The van der Waals surface area contributed by atoms with E-state index in [9.17, 15) is 9.59 Å². The molecule has 1 amide bonds. The summed E-state index contributed by atoms with van der Waals surface area (Å²) in [4.78, 5) is 20.1. The second-order valence-corrected chi connectivity index (χ2v) is 1.69. The van der Waals surface area contributed by atoms with Crippen molar-refractivity contribution in [2.45, 2.75) is 12.8 Å². The molecule has 0 rings (SSSR count). The monoisotopic (exact) mass is 145 g/mol. The molecule has 0 fully saturated rings. The van der Waals surface area contributed by atoms with Gasteiger partial charge in [-0.25, -0.2) is 4.79 Å². The van der Waals surface area contributed by atoms with Gasteiger partial charge in [-0.2, -0.15) is 0 Å². The molecule has 0 aliphatic carbocycles. The van der Waals surface area contributed by atoms with Crippen LogP contribution in [0.2, 0.25) is 0 Å². The molecule has 0 aliphatic heterocycles. The summed E-state index contributed by atoms with van der Waals surface area (Å²) >= 11 is 0. The van der Waals surface area contributed by atoms with Crippen LogP contribution in [0, 0.1) is 0 Å². The van der Waals surface area contributed by atoms with E-state index in [0.717, 1.165) is 6.29 Å². The van der Waals surface area contributed by atoms with Gasteiger partial charge >= 0.3 is 6.09 Å². The average molecular weight is 145 g/mol. The Balaban J connectivity index is 3.03. The molecule has 10 heavy (non-hydrogen) atoms. The van der Waals surface area contributed by atoms with E-state index in [4.69, 9.17) is 0 Å². The van der Waals surface area contributed by atoms with Crippen molar-refractivity contribution < 1.29 is 14.3 Å². The van der Waals surface area contributed by atoms with Crippen molar-refractivity contribution in [1.29, 1.82) is 0 Å². The van der Waals surface area contributed by atoms with Gasteiger partial charge in [0.15, 0.2) is 0 Å². The number of aldehydes is 1. The topological polar surface area (TPSA) is 55.4 Å². The molecule has 0 saturated carbocycles. The molecule has 0 unspecified atom stereocenters. The molecule has 1 N–H and O–H groups in total. The van der Waals surface area contributed by atoms with E-state index in [0.29, 0.717) is 19.4 Å². The summed E-state index contributed by atoms with van der Waals surface area (Å²) in [6.45, 7) is 0.304. The molecule has 0 aliphatic rings. The number of alkyl carbamates (subject to hydrolysis) is 1. The molecule has 58 valence electrons. The summed E-state index contributed by atoms with van der Waals surface area (Å²) in [5, 5.41) is 2.29. The standard InChI is InChI=1S/C6H11NO3/c1-7-6(9)10-5-3-2-4-8/h4H,2-3,5H2,1H3,(H,7,9). The SMILES string of the molecule is CNC(=O)OCCCC=O. The van der Waals surface area contributed by atoms with Gasteiger partial charge in [0, 0.05) is 13.5 Å². The Morgan fingerprint density at radius 3 is 2.90 bits per heavy atom. The Hall–Kier alpha value is -1.06. The van der Waals surface area contributed by atoms with Crippen molar-refractivity contribution in [3.05, 3.63) is 0 Å². The van der Waals surface area contributed by atoms with Crippen LogP contribution in [-0.4, -0.2) is 26.0 Å². The number of ether oxygens (including phenoxy) is 1. The van der Waals surface area contributed by atoms with Crippen LogP contribution in [0.25, 0.3) is 0 Å². The molecule has 4 nitrogen and oxygen atoms in total. The molecule has 4 heteroatoms. The van der Waals surface area contributed by atoms with Gasteiger partial charge < -0.3 is 14.8 Å². The lowest BCUT2D eigenvalue weighted by Crippen LogP contribution is -2.19. The van der Waals surface area contributed by atoms with Gasteiger partial charge in [-0.15, -0.1) is 0 Å². The molecule has 0 saturated heterocycles. The lowest BCUT2D eigenvalue weighted by molar-refractivity contribution is -0.108. The van der Waals surface area contributed by atoms with Crippen LogP contribution >= 0.6 is 0 Å². The number of rotatable bonds is 4. The van der Waals surface area contributed by atoms with Crippen LogP contribution < -0.4 is 5.32 Å². The van der Waals surface area contributed by atoms with E-state index < -0.39 is 6.09 Å². The Morgan fingerprint density at radius 1 is 1.70 bits per heavy atom. The first-order chi connectivity index (χ1) is 4.81. The molecule has 0 radical (unpaired) electrons. The summed E-state index contributed by atoms with van der Waals surface area (Å²) in [7, 11) is 1.49. The molecule has 0 spiro atoms. The van der Waals surface area contributed by atoms with Crippen molar-refractivity contribution in [2.24, 2.45) is 0 Å². The fraction of sp³-hybridized carbons (Fsp3) is 0.667. The van der Waals surface area contributed by atoms with Crippen LogP contribution in [0.4, 0.5) is 4.79 Å². The zero-order chi connectivity index (χ0) is 7.82. The normalized spacial score (nSPS) is 8.50. The molecule has 0 aromatic carbocycles. The van der Waals surface area contributed by atoms with Crippen molar-refractivity contribution in [1.82, 2.24) is 5.32 Å². The highest BCUT2D eigenvalue weighted by atomic mass is 16.5. The summed E-state index contributed by atoms with van der Waals surface area (Å²) in [5.41, 5.74) is 0. The predicted molar refractivity (Wildman–Crippen MR) is 35.7 cm³/mol. The van der Waals surface area contributed by atoms with E-state index in [-0.39, 0.29) is 0 Å². The number of hydrogen-bond acceptors (Lipinski definition) is 3. The minimum atomic E-state index is -0.453. The van der Waals surface area contributed by atoms with Crippen molar-refractivity contribution in [3.63, 3.8) is 0 Å². The van der Waals surface area contributed by atoms with Crippen molar-refractivity contribution >= 4 is 12.4 Å². The second-order valence-electron chi connectivity index (χ2n) is 1.69. The number of carbonyl (C=O) groups excluding carboxylic acids is 2. The molecular formula is C6H11NO3. The maximum absolute atomic E-state index is 10.4. The highest BCUT2D eigenvalue weighted by Gasteiger charge is 1.94. The number of unbranched alkanes of at least 4 members (excludes halogenated alkanes) is 1. The first kappa shape index (κ1) is 8.94. The number of amides is 1. The minimum Gasteiger partial charge on any atom is -0.450 e. The van der Waals surface area contributed by atoms with Crippen LogP contribution in [0.3, 0.4) is 0 Å². The van der Waals surface area contributed by atoms with Crippen LogP contribution in [0.5, 0.6) is 0 Å². The molecule has 0 bridgehead atoms.